The van der Waals surface area contributed by atoms with Gasteiger partial charge in [0.25, 0.3) is 0 Å². The molecule has 3 aromatic rings. The van der Waals surface area contributed by atoms with E-state index in [9.17, 15) is 4.79 Å². The van der Waals surface area contributed by atoms with Gasteiger partial charge in [-0.1, -0.05) is 30.0 Å². The zero-order valence-electron chi connectivity index (χ0n) is 14.3. The van der Waals surface area contributed by atoms with Gasteiger partial charge in [0.2, 0.25) is 0 Å². The number of fused-ring (bicyclic) bond motifs is 1. The standard InChI is InChI=1S/C20H21N3OS/c1-22-13-7-12-18(22)19(24)14-25-20-21-16-10-5-6-11-17(16)23(20)15-8-3-2-4-9-15/h2-4,7-9,12-13H,5-6,10-11,14H2,1H3. The lowest BCUT2D eigenvalue weighted by Crippen LogP contribution is -2.09. The summed E-state index contributed by atoms with van der Waals surface area (Å²) in [7, 11) is 1.90. The van der Waals surface area contributed by atoms with E-state index in [0.717, 1.165) is 29.4 Å². The molecule has 0 saturated carbocycles. The summed E-state index contributed by atoms with van der Waals surface area (Å²) < 4.78 is 4.12. The van der Waals surface area contributed by atoms with E-state index in [4.69, 9.17) is 4.98 Å². The minimum atomic E-state index is 0.137. The van der Waals surface area contributed by atoms with Crippen LogP contribution in [0.1, 0.15) is 34.7 Å². The summed E-state index contributed by atoms with van der Waals surface area (Å²) in [5, 5.41) is 0.931. The zero-order chi connectivity index (χ0) is 17.2. The van der Waals surface area contributed by atoms with Gasteiger partial charge in [-0.2, -0.15) is 0 Å². The monoisotopic (exact) mass is 351 g/mol. The molecule has 4 nitrogen and oxygen atoms in total. The molecule has 1 aromatic carbocycles. The smallest absolute Gasteiger partial charge is 0.189 e. The van der Waals surface area contributed by atoms with Crippen molar-refractivity contribution in [2.24, 2.45) is 7.05 Å². The van der Waals surface area contributed by atoms with E-state index in [1.807, 2.05) is 48.1 Å². The van der Waals surface area contributed by atoms with Crippen molar-refractivity contribution < 1.29 is 4.79 Å². The highest BCUT2D eigenvalue weighted by atomic mass is 32.2. The Labute approximate surface area is 151 Å². The third kappa shape index (κ3) is 3.16. The number of benzene rings is 1. The van der Waals surface area contributed by atoms with E-state index in [0.29, 0.717) is 5.75 Å². The Bertz CT molecular complexity index is 895. The van der Waals surface area contributed by atoms with Gasteiger partial charge in [0.05, 0.1) is 17.1 Å². The topological polar surface area (TPSA) is 39.8 Å². The maximum Gasteiger partial charge on any atom is 0.189 e. The lowest BCUT2D eigenvalue weighted by atomic mass is 10.0. The Morgan fingerprint density at radius 3 is 2.68 bits per heavy atom. The summed E-state index contributed by atoms with van der Waals surface area (Å²) >= 11 is 1.54. The predicted molar refractivity (Wildman–Crippen MR) is 101 cm³/mol. The largest absolute Gasteiger partial charge is 0.348 e. The first kappa shape index (κ1) is 16.2. The summed E-state index contributed by atoms with van der Waals surface area (Å²) in [6.07, 6.45) is 6.41. The molecule has 4 rings (SSSR count). The van der Waals surface area contributed by atoms with Crippen LogP contribution in [-0.4, -0.2) is 25.7 Å². The number of para-hydroxylation sites is 1. The van der Waals surface area contributed by atoms with E-state index in [1.165, 1.54) is 36.0 Å². The average Bonchev–Trinajstić information content (AvgIpc) is 3.23. The second-order valence-electron chi connectivity index (χ2n) is 6.38. The molecule has 0 fully saturated rings. The zero-order valence-corrected chi connectivity index (χ0v) is 15.1. The first-order valence-corrected chi connectivity index (χ1v) is 9.66. The summed E-state index contributed by atoms with van der Waals surface area (Å²) in [4.78, 5) is 17.4. The first-order valence-electron chi connectivity index (χ1n) is 8.67. The molecule has 0 saturated heterocycles. The summed E-state index contributed by atoms with van der Waals surface area (Å²) in [5.41, 5.74) is 4.39. The van der Waals surface area contributed by atoms with Gasteiger partial charge >= 0.3 is 0 Å². The highest BCUT2D eigenvalue weighted by molar-refractivity contribution is 7.99. The van der Waals surface area contributed by atoms with Crippen LogP contribution in [0.15, 0.2) is 53.8 Å². The molecule has 0 unspecified atom stereocenters. The number of ketones is 1. The van der Waals surface area contributed by atoms with Crippen molar-refractivity contribution in [2.75, 3.05) is 5.75 Å². The van der Waals surface area contributed by atoms with Gasteiger partial charge in [-0.25, -0.2) is 4.98 Å². The Hall–Kier alpha value is -2.27. The van der Waals surface area contributed by atoms with Crippen molar-refractivity contribution >= 4 is 17.5 Å². The van der Waals surface area contributed by atoms with E-state index in [1.54, 1.807) is 0 Å². The Kier molecular flexibility index (Phi) is 4.49. The lowest BCUT2D eigenvalue weighted by Gasteiger charge is -2.15. The van der Waals surface area contributed by atoms with Crippen LogP contribution in [0, 0.1) is 0 Å². The summed E-state index contributed by atoms with van der Waals surface area (Å²) in [5.74, 6) is 0.540. The molecule has 0 aliphatic heterocycles. The van der Waals surface area contributed by atoms with Crippen molar-refractivity contribution in [3.8, 4) is 5.69 Å². The molecule has 0 N–H and O–H groups in total. The molecule has 0 spiro atoms. The third-order valence-corrected chi connectivity index (χ3v) is 5.62. The number of thioether (sulfide) groups is 1. The van der Waals surface area contributed by atoms with Gasteiger partial charge in [0.1, 0.15) is 0 Å². The quantitative estimate of drug-likeness (QED) is 0.514. The second-order valence-corrected chi connectivity index (χ2v) is 7.32. The fraction of sp³-hybridized carbons (Fsp3) is 0.300. The molecule has 128 valence electrons. The van der Waals surface area contributed by atoms with Crippen molar-refractivity contribution in [2.45, 2.75) is 30.8 Å². The second kappa shape index (κ2) is 6.92. The number of hydrogen-bond donors (Lipinski definition) is 0. The maximum atomic E-state index is 12.5. The molecule has 0 radical (unpaired) electrons. The first-order chi connectivity index (χ1) is 12.2. The van der Waals surface area contributed by atoms with Gasteiger partial charge in [0, 0.05) is 24.6 Å². The number of hydrogen-bond acceptors (Lipinski definition) is 3. The maximum absolute atomic E-state index is 12.5. The van der Waals surface area contributed by atoms with Gasteiger partial charge in [-0.05, 0) is 49.9 Å². The number of carbonyl (C=O) groups excluding carboxylic acids is 1. The van der Waals surface area contributed by atoms with Gasteiger partial charge in [0.15, 0.2) is 10.9 Å². The highest BCUT2D eigenvalue weighted by Gasteiger charge is 2.22. The number of rotatable bonds is 5. The van der Waals surface area contributed by atoms with Gasteiger partial charge in [-0.15, -0.1) is 0 Å². The van der Waals surface area contributed by atoms with Crippen molar-refractivity contribution in [3.05, 3.63) is 65.7 Å². The molecule has 1 aliphatic rings. The minimum Gasteiger partial charge on any atom is -0.348 e. The van der Waals surface area contributed by atoms with Crippen LogP contribution in [0.3, 0.4) is 0 Å². The number of aromatic nitrogens is 3. The van der Waals surface area contributed by atoms with Gasteiger partial charge in [-0.3, -0.25) is 9.36 Å². The van der Waals surface area contributed by atoms with Crippen LogP contribution in [0.25, 0.3) is 5.69 Å². The van der Waals surface area contributed by atoms with Crippen molar-refractivity contribution in [3.63, 3.8) is 0 Å². The molecule has 0 bridgehead atoms. The molecule has 5 heteroatoms. The highest BCUT2D eigenvalue weighted by Crippen LogP contribution is 2.30. The van der Waals surface area contributed by atoms with E-state index < -0.39 is 0 Å². The number of carbonyl (C=O) groups is 1. The fourth-order valence-electron chi connectivity index (χ4n) is 3.41. The Morgan fingerprint density at radius 2 is 1.92 bits per heavy atom. The Morgan fingerprint density at radius 1 is 1.12 bits per heavy atom. The van der Waals surface area contributed by atoms with Gasteiger partial charge < -0.3 is 4.57 Å². The fourth-order valence-corrected chi connectivity index (χ4v) is 4.34. The molecule has 2 heterocycles. The Balaban J connectivity index is 1.64. The molecular formula is C20H21N3OS. The summed E-state index contributed by atoms with van der Waals surface area (Å²) in [6, 6.07) is 14.1. The van der Waals surface area contributed by atoms with Crippen LogP contribution in [-0.2, 0) is 19.9 Å². The molecule has 1 aliphatic carbocycles. The number of imidazole rings is 1. The van der Waals surface area contributed by atoms with Crippen LogP contribution in [0.4, 0.5) is 0 Å². The van der Waals surface area contributed by atoms with Crippen LogP contribution in [0.5, 0.6) is 0 Å². The third-order valence-electron chi connectivity index (χ3n) is 4.68. The van der Waals surface area contributed by atoms with Crippen molar-refractivity contribution in [1.29, 1.82) is 0 Å². The normalized spacial score (nSPS) is 13.6. The van der Waals surface area contributed by atoms with Crippen LogP contribution >= 0.6 is 11.8 Å². The number of aryl methyl sites for hydroxylation is 2. The van der Waals surface area contributed by atoms with Crippen LogP contribution < -0.4 is 0 Å². The minimum absolute atomic E-state index is 0.137. The molecular weight excluding hydrogens is 330 g/mol. The SMILES string of the molecule is Cn1cccc1C(=O)CSc1nc2c(n1-c1ccccc1)CCCC2. The van der Waals surface area contributed by atoms with Crippen LogP contribution in [0.2, 0.25) is 0 Å². The van der Waals surface area contributed by atoms with Crippen molar-refractivity contribution in [1.82, 2.24) is 14.1 Å². The lowest BCUT2D eigenvalue weighted by molar-refractivity contribution is 0.101. The molecule has 25 heavy (non-hydrogen) atoms. The number of nitrogens with zero attached hydrogens (tertiary/aromatic N) is 3. The predicted octanol–water partition coefficient (Wildman–Crippen LogP) is 4.06. The molecule has 0 atom stereocenters. The average molecular weight is 351 g/mol. The summed E-state index contributed by atoms with van der Waals surface area (Å²) in [6.45, 7) is 0. The number of Topliss-reactive ketones (excluding diaryl/α,β-unsaturated/α-hetero) is 1. The van der Waals surface area contributed by atoms with E-state index in [2.05, 4.69) is 16.7 Å². The van der Waals surface area contributed by atoms with E-state index >= 15 is 0 Å². The van der Waals surface area contributed by atoms with E-state index in [-0.39, 0.29) is 5.78 Å². The molecule has 2 aromatic heterocycles. The molecule has 0 amide bonds.